The fraction of sp³-hybridized carbons (Fsp3) is 0.444. The van der Waals surface area contributed by atoms with Gasteiger partial charge < -0.3 is 0 Å². The van der Waals surface area contributed by atoms with E-state index in [9.17, 15) is 0 Å². The molecule has 1 aromatic rings. The first-order valence-electron chi connectivity index (χ1n) is 3.85. The molecule has 0 fully saturated rings. The fourth-order valence-corrected chi connectivity index (χ4v) is 1.36. The molecule has 0 N–H and O–H groups in total. The monoisotopic (exact) mass is 169 g/mol. The van der Waals surface area contributed by atoms with E-state index in [0.29, 0.717) is 5.15 Å². The van der Waals surface area contributed by atoms with Gasteiger partial charge in [-0.25, -0.2) is 4.98 Å². The molecule has 1 rings (SSSR count). The first kappa shape index (κ1) is 8.54. The van der Waals surface area contributed by atoms with E-state index < -0.39 is 0 Å². The summed E-state index contributed by atoms with van der Waals surface area (Å²) in [6.07, 6.45) is 2.13. The summed E-state index contributed by atoms with van der Waals surface area (Å²) >= 11 is 5.77. The predicted octanol–water partition coefficient (Wildman–Crippen LogP) is 3.00. The van der Waals surface area contributed by atoms with E-state index in [4.69, 9.17) is 11.6 Å². The summed E-state index contributed by atoms with van der Waals surface area (Å²) in [4.78, 5) is 4.19. The number of hydrogen-bond acceptors (Lipinski definition) is 1. The molecule has 2 heteroatoms. The Morgan fingerprint density at radius 2 is 2.18 bits per heavy atom. The van der Waals surface area contributed by atoms with Gasteiger partial charge in [0.25, 0.3) is 0 Å². The SMILES string of the molecule is CCCc1cc(C)cc(Cl)n1. The van der Waals surface area contributed by atoms with Crippen molar-refractivity contribution in [1.29, 1.82) is 0 Å². The van der Waals surface area contributed by atoms with Gasteiger partial charge >= 0.3 is 0 Å². The van der Waals surface area contributed by atoms with Crippen LogP contribution in [0.25, 0.3) is 0 Å². The lowest BCUT2D eigenvalue weighted by atomic mass is 10.2. The van der Waals surface area contributed by atoms with E-state index in [1.807, 2.05) is 13.0 Å². The molecule has 0 atom stereocenters. The van der Waals surface area contributed by atoms with Gasteiger partial charge in [-0.05, 0) is 31.0 Å². The third-order valence-corrected chi connectivity index (χ3v) is 1.69. The van der Waals surface area contributed by atoms with Crippen LogP contribution in [-0.4, -0.2) is 4.98 Å². The normalized spacial score (nSPS) is 10.1. The maximum atomic E-state index is 5.77. The summed E-state index contributed by atoms with van der Waals surface area (Å²) < 4.78 is 0. The van der Waals surface area contributed by atoms with Crippen molar-refractivity contribution in [3.63, 3.8) is 0 Å². The van der Waals surface area contributed by atoms with Crippen LogP contribution in [0, 0.1) is 6.92 Å². The summed E-state index contributed by atoms with van der Waals surface area (Å²) in [5.41, 5.74) is 2.28. The van der Waals surface area contributed by atoms with Crippen LogP contribution in [0.4, 0.5) is 0 Å². The zero-order chi connectivity index (χ0) is 8.27. The summed E-state index contributed by atoms with van der Waals surface area (Å²) in [5, 5.41) is 0.605. The first-order chi connectivity index (χ1) is 5.22. The number of halogens is 1. The van der Waals surface area contributed by atoms with Crippen molar-refractivity contribution in [3.05, 3.63) is 28.5 Å². The highest BCUT2D eigenvalue weighted by molar-refractivity contribution is 6.29. The van der Waals surface area contributed by atoms with Gasteiger partial charge in [0.2, 0.25) is 0 Å². The van der Waals surface area contributed by atoms with Crippen molar-refractivity contribution in [3.8, 4) is 0 Å². The lowest BCUT2D eigenvalue weighted by molar-refractivity contribution is 0.880. The van der Waals surface area contributed by atoms with Crippen LogP contribution in [-0.2, 0) is 6.42 Å². The Labute approximate surface area is 72.4 Å². The second-order valence-corrected chi connectivity index (χ2v) is 3.10. The molecule has 0 saturated heterocycles. The van der Waals surface area contributed by atoms with Gasteiger partial charge in [0.15, 0.2) is 0 Å². The first-order valence-corrected chi connectivity index (χ1v) is 4.23. The average Bonchev–Trinajstić information content (AvgIpc) is 1.85. The molecular formula is C9H12ClN. The van der Waals surface area contributed by atoms with Gasteiger partial charge in [-0.2, -0.15) is 0 Å². The molecule has 0 saturated carbocycles. The highest BCUT2D eigenvalue weighted by atomic mass is 35.5. The number of pyridine rings is 1. The molecule has 1 nitrogen and oxygen atoms in total. The lowest BCUT2D eigenvalue weighted by Crippen LogP contribution is -1.90. The Hall–Kier alpha value is -0.560. The van der Waals surface area contributed by atoms with Crippen molar-refractivity contribution in [2.75, 3.05) is 0 Å². The Kier molecular flexibility index (Phi) is 2.89. The lowest BCUT2D eigenvalue weighted by Gasteiger charge is -1.99. The van der Waals surface area contributed by atoms with Gasteiger partial charge in [-0.1, -0.05) is 24.9 Å². The van der Waals surface area contributed by atoms with E-state index in [0.717, 1.165) is 18.5 Å². The fourth-order valence-electron chi connectivity index (χ4n) is 1.08. The largest absolute Gasteiger partial charge is 0.241 e. The summed E-state index contributed by atoms with van der Waals surface area (Å²) in [5.74, 6) is 0. The van der Waals surface area contributed by atoms with E-state index in [1.165, 1.54) is 5.56 Å². The van der Waals surface area contributed by atoms with Gasteiger partial charge in [0.1, 0.15) is 5.15 Å². The van der Waals surface area contributed by atoms with Crippen LogP contribution < -0.4 is 0 Å². The third-order valence-electron chi connectivity index (χ3n) is 1.50. The highest BCUT2D eigenvalue weighted by Gasteiger charge is 1.96. The quantitative estimate of drug-likeness (QED) is 0.621. The summed E-state index contributed by atoms with van der Waals surface area (Å²) in [6.45, 7) is 4.17. The van der Waals surface area contributed by atoms with Crippen molar-refractivity contribution < 1.29 is 0 Å². The second-order valence-electron chi connectivity index (χ2n) is 2.71. The molecule has 1 aromatic heterocycles. The number of rotatable bonds is 2. The average molecular weight is 170 g/mol. The zero-order valence-electron chi connectivity index (χ0n) is 6.89. The van der Waals surface area contributed by atoms with Crippen molar-refractivity contribution in [2.24, 2.45) is 0 Å². The van der Waals surface area contributed by atoms with Crippen LogP contribution in [0.2, 0.25) is 5.15 Å². The second kappa shape index (κ2) is 3.72. The number of aromatic nitrogens is 1. The molecule has 0 bridgehead atoms. The molecule has 0 aliphatic carbocycles. The summed E-state index contributed by atoms with van der Waals surface area (Å²) in [6, 6.07) is 3.95. The maximum Gasteiger partial charge on any atom is 0.129 e. The van der Waals surface area contributed by atoms with E-state index in [-0.39, 0.29) is 0 Å². The minimum atomic E-state index is 0.605. The molecule has 60 valence electrons. The Morgan fingerprint density at radius 3 is 2.73 bits per heavy atom. The van der Waals surface area contributed by atoms with Crippen LogP contribution in [0.5, 0.6) is 0 Å². The molecule has 0 aromatic carbocycles. The Balaban J connectivity index is 2.89. The highest BCUT2D eigenvalue weighted by Crippen LogP contribution is 2.10. The standard InChI is InChI=1S/C9H12ClN/c1-3-4-8-5-7(2)6-9(10)11-8/h5-6H,3-4H2,1-2H3. The predicted molar refractivity (Wildman–Crippen MR) is 48.0 cm³/mol. The van der Waals surface area contributed by atoms with Gasteiger partial charge in [-0.15, -0.1) is 0 Å². The van der Waals surface area contributed by atoms with E-state index >= 15 is 0 Å². The molecule has 0 aliphatic rings. The van der Waals surface area contributed by atoms with Crippen LogP contribution in [0.3, 0.4) is 0 Å². The van der Waals surface area contributed by atoms with Crippen molar-refractivity contribution in [1.82, 2.24) is 4.98 Å². The third kappa shape index (κ3) is 2.51. The minimum Gasteiger partial charge on any atom is -0.241 e. The molecule has 0 aliphatic heterocycles. The Morgan fingerprint density at radius 1 is 1.45 bits per heavy atom. The van der Waals surface area contributed by atoms with Crippen LogP contribution >= 0.6 is 11.6 Å². The topological polar surface area (TPSA) is 12.9 Å². The molecule has 0 spiro atoms. The van der Waals surface area contributed by atoms with Gasteiger partial charge in [-0.3, -0.25) is 0 Å². The molecular weight excluding hydrogens is 158 g/mol. The van der Waals surface area contributed by atoms with Crippen LogP contribution in [0.15, 0.2) is 12.1 Å². The van der Waals surface area contributed by atoms with Crippen molar-refractivity contribution >= 4 is 11.6 Å². The molecule has 11 heavy (non-hydrogen) atoms. The van der Waals surface area contributed by atoms with E-state index in [1.54, 1.807) is 0 Å². The minimum absolute atomic E-state index is 0.605. The smallest absolute Gasteiger partial charge is 0.129 e. The molecule has 1 heterocycles. The molecule has 0 radical (unpaired) electrons. The van der Waals surface area contributed by atoms with Crippen molar-refractivity contribution in [2.45, 2.75) is 26.7 Å². The Bertz CT molecular complexity index is 225. The maximum absolute atomic E-state index is 5.77. The summed E-state index contributed by atoms with van der Waals surface area (Å²) in [7, 11) is 0. The van der Waals surface area contributed by atoms with Crippen LogP contribution in [0.1, 0.15) is 24.6 Å². The zero-order valence-corrected chi connectivity index (χ0v) is 7.65. The number of hydrogen-bond donors (Lipinski definition) is 0. The number of nitrogens with zero attached hydrogens (tertiary/aromatic N) is 1. The van der Waals surface area contributed by atoms with Gasteiger partial charge in [0, 0.05) is 5.69 Å². The van der Waals surface area contributed by atoms with E-state index in [2.05, 4.69) is 18.0 Å². The molecule has 0 amide bonds. The number of aryl methyl sites for hydroxylation is 2. The van der Waals surface area contributed by atoms with Gasteiger partial charge in [0.05, 0.1) is 0 Å². The molecule has 0 unspecified atom stereocenters.